The van der Waals surface area contributed by atoms with Gasteiger partial charge in [0.25, 0.3) is 0 Å². The highest BCUT2D eigenvalue weighted by Crippen LogP contribution is 2.32. The Labute approximate surface area is 405 Å². The molecule has 0 aliphatic heterocycles. The maximum atomic E-state index is 4.01. The van der Waals surface area contributed by atoms with Crippen LogP contribution in [0, 0.1) is 6.92 Å². The molecule has 4 rings (SSSR count). The van der Waals surface area contributed by atoms with Gasteiger partial charge in [-0.15, -0.1) is 0 Å². The molecule has 0 aliphatic carbocycles. The van der Waals surface area contributed by atoms with Gasteiger partial charge in [0.05, 0.1) is 0 Å². The second-order valence-corrected chi connectivity index (χ2v) is 16.7. The zero-order valence-corrected chi connectivity index (χ0v) is 42.3. The van der Waals surface area contributed by atoms with Crippen molar-refractivity contribution in [2.24, 2.45) is 0 Å². The normalized spacial score (nSPS) is 14.6. The van der Waals surface area contributed by atoms with Gasteiger partial charge in [0, 0.05) is 51.2 Å². The van der Waals surface area contributed by atoms with Gasteiger partial charge in [0.15, 0.2) is 0 Å². The van der Waals surface area contributed by atoms with E-state index >= 15 is 0 Å². The predicted molar refractivity (Wildman–Crippen MR) is 297 cm³/mol. The fraction of sp³-hybridized carbons (Fsp3) is 0.188. The van der Waals surface area contributed by atoms with Crippen LogP contribution >= 0.6 is 0 Å². The van der Waals surface area contributed by atoms with E-state index in [0.29, 0.717) is 0 Å². The lowest BCUT2D eigenvalue weighted by Gasteiger charge is -2.27. The van der Waals surface area contributed by atoms with E-state index in [2.05, 4.69) is 292 Å². The Kier molecular flexibility index (Phi) is 21.2. The number of nitrogens with zero attached hydrogens (tertiary/aromatic N) is 3. The van der Waals surface area contributed by atoms with Crippen molar-refractivity contribution in [2.45, 2.75) is 83.1 Å². The Bertz CT molecular complexity index is 2680. The molecule has 0 N–H and O–H groups in total. The van der Waals surface area contributed by atoms with Crippen molar-refractivity contribution >= 4 is 22.7 Å². The van der Waals surface area contributed by atoms with Gasteiger partial charge in [-0.25, -0.2) is 0 Å². The van der Waals surface area contributed by atoms with Crippen molar-refractivity contribution in [2.75, 3.05) is 14.7 Å². The Morgan fingerprint density at radius 3 is 1.30 bits per heavy atom. The number of aryl methyl sites for hydroxylation is 1. The molecular weight excluding hydrogens is 811 g/mol. The minimum atomic E-state index is 1.03. The van der Waals surface area contributed by atoms with Crippen LogP contribution in [0.25, 0.3) is 0 Å². The van der Waals surface area contributed by atoms with E-state index in [9.17, 15) is 0 Å². The first-order valence-corrected chi connectivity index (χ1v) is 23.3. The highest BCUT2D eigenvalue weighted by molar-refractivity contribution is 5.70. The molecular formula is C64H73N3. The van der Waals surface area contributed by atoms with E-state index in [1.807, 2.05) is 25.1 Å². The molecule has 0 spiro atoms. The number of rotatable bonds is 20. The summed E-state index contributed by atoms with van der Waals surface area (Å²) < 4.78 is 0. The molecule has 0 saturated carbocycles. The molecule has 0 heterocycles. The number of hydrogen-bond donors (Lipinski definition) is 0. The van der Waals surface area contributed by atoms with Gasteiger partial charge in [-0.05, 0) is 207 Å². The van der Waals surface area contributed by atoms with Crippen LogP contribution in [0.1, 0.15) is 81.7 Å². The SMILES string of the molecule is C=C/C=C(\C=C/C)N(/C(C)=C/C=C(/C)C(=C/C=C(C)/C(C)=C/C=C(C)/C(C)=C/C=C(\C)N(C(/C=C\C)=C/C)c1ccccc1)/C=C(/C)N(c1ccccc1)c1cccc(C)c1)c1ccccc1. The summed E-state index contributed by atoms with van der Waals surface area (Å²) >= 11 is 0. The molecule has 0 radical (unpaired) electrons. The van der Waals surface area contributed by atoms with Crippen LogP contribution < -0.4 is 14.7 Å². The molecule has 3 nitrogen and oxygen atoms in total. The molecule has 0 aliphatic rings. The summed E-state index contributed by atoms with van der Waals surface area (Å²) in [5, 5.41) is 0. The van der Waals surface area contributed by atoms with Crippen LogP contribution in [-0.4, -0.2) is 0 Å². The lowest BCUT2D eigenvalue weighted by Crippen LogP contribution is -2.19. The maximum Gasteiger partial charge on any atom is 0.0460 e. The second-order valence-electron chi connectivity index (χ2n) is 16.7. The zero-order chi connectivity index (χ0) is 48.7. The van der Waals surface area contributed by atoms with Crippen molar-refractivity contribution in [3.05, 3.63) is 287 Å². The van der Waals surface area contributed by atoms with E-state index in [1.165, 1.54) is 27.9 Å². The van der Waals surface area contributed by atoms with E-state index in [1.54, 1.807) is 0 Å². The summed E-state index contributed by atoms with van der Waals surface area (Å²) in [4.78, 5) is 6.88. The van der Waals surface area contributed by atoms with Crippen LogP contribution in [0.2, 0.25) is 0 Å². The first-order valence-electron chi connectivity index (χ1n) is 23.3. The first-order chi connectivity index (χ1) is 32.3. The van der Waals surface area contributed by atoms with Crippen molar-refractivity contribution in [3.8, 4) is 0 Å². The van der Waals surface area contributed by atoms with Crippen molar-refractivity contribution in [3.63, 3.8) is 0 Å². The number of hydrogen-bond acceptors (Lipinski definition) is 3. The third-order valence-corrected chi connectivity index (χ3v) is 11.4. The average Bonchev–Trinajstić information content (AvgIpc) is 3.33. The number of benzene rings is 4. The molecule has 0 amide bonds. The lowest BCUT2D eigenvalue weighted by atomic mass is 10.0. The van der Waals surface area contributed by atoms with Crippen LogP contribution in [0.3, 0.4) is 0 Å². The van der Waals surface area contributed by atoms with Crippen molar-refractivity contribution in [1.29, 1.82) is 0 Å². The van der Waals surface area contributed by atoms with E-state index in [-0.39, 0.29) is 0 Å². The molecule has 0 bridgehead atoms. The van der Waals surface area contributed by atoms with E-state index in [0.717, 1.165) is 62.4 Å². The van der Waals surface area contributed by atoms with Crippen LogP contribution in [-0.2, 0) is 0 Å². The number of para-hydroxylation sites is 3. The molecule has 3 heteroatoms. The van der Waals surface area contributed by atoms with Gasteiger partial charge in [-0.3, -0.25) is 0 Å². The van der Waals surface area contributed by atoms with Crippen LogP contribution in [0.15, 0.2) is 281 Å². The number of allylic oxidation sites excluding steroid dienone is 25. The average molecular weight is 884 g/mol. The van der Waals surface area contributed by atoms with Crippen molar-refractivity contribution in [1.82, 2.24) is 0 Å². The smallest absolute Gasteiger partial charge is 0.0460 e. The van der Waals surface area contributed by atoms with Crippen molar-refractivity contribution < 1.29 is 0 Å². The maximum absolute atomic E-state index is 4.01. The zero-order valence-electron chi connectivity index (χ0n) is 42.3. The fourth-order valence-corrected chi connectivity index (χ4v) is 7.44. The lowest BCUT2D eigenvalue weighted by molar-refractivity contribution is 1.09. The summed E-state index contributed by atoms with van der Waals surface area (Å²) in [7, 11) is 0. The largest absolute Gasteiger partial charge is 0.315 e. The predicted octanol–water partition coefficient (Wildman–Crippen LogP) is 18.6. The topological polar surface area (TPSA) is 9.72 Å². The Morgan fingerprint density at radius 1 is 0.418 bits per heavy atom. The summed E-state index contributed by atoms with van der Waals surface area (Å²) in [6, 6.07) is 40.3. The minimum Gasteiger partial charge on any atom is -0.315 e. The quantitative estimate of drug-likeness (QED) is 0.0819. The molecule has 67 heavy (non-hydrogen) atoms. The molecule has 344 valence electrons. The van der Waals surface area contributed by atoms with Gasteiger partial charge >= 0.3 is 0 Å². The Morgan fingerprint density at radius 2 is 0.836 bits per heavy atom. The molecule has 4 aromatic rings. The third-order valence-electron chi connectivity index (χ3n) is 11.4. The fourth-order valence-electron chi connectivity index (χ4n) is 7.44. The summed E-state index contributed by atoms with van der Waals surface area (Å²) in [6.07, 6.45) is 34.5. The molecule has 4 aromatic carbocycles. The highest BCUT2D eigenvalue weighted by Gasteiger charge is 2.15. The minimum absolute atomic E-state index is 1.03. The monoisotopic (exact) mass is 884 g/mol. The molecule has 0 saturated heterocycles. The van der Waals surface area contributed by atoms with Gasteiger partial charge < -0.3 is 14.7 Å². The molecule has 0 fully saturated rings. The standard InChI is InChI=1S/C64H73N3/c1-14-28-59(17-4)65(61-32-21-18-22-33-61)55(11)44-41-52(8)50(6)39-40-51(7)53(9)43-46-58(48-57(13)67(63-36-25-20-26-37-63)64-38-27-31-49(5)47-64)54(10)42-45-56(12)66(60(29-15-2)30-16-3)62-34-23-19-24-35-62/h14-48H,2H2,1,3-13H3/b28-14-,30-16-,50-39+,51-40+,52-41+,53-43+,54-42-,55-44+,56-45+,57-48-,58-46+,59-17+,60-29+. The summed E-state index contributed by atoms with van der Waals surface area (Å²) in [5.74, 6) is 0. The Hall–Kier alpha value is -7.36. The van der Waals surface area contributed by atoms with Gasteiger partial charge in [-0.2, -0.15) is 0 Å². The van der Waals surface area contributed by atoms with Gasteiger partial charge in [-0.1, -0.05) is 134 Å². The van der Waals surface area contributed by atoms with E-state index < -0.39 is 0 Å². The van der Waals surface area contributed by atoms with Crippen LogP contribution in [0.4, 0.5) is 22.7 Å². The Balaban J connectivity index is 1.79. The van der Waals surface area contributed by atoms with E-state index in [4.69, 9.17) is 0 Å². The molecule has 0 atom stereocenters. The molecule has 0 aromatic heterocycles. The number of anilines is 4. The van der Waals surface area contributed by atoms with Gasteiger partial charge in [0.2, 0.25) is 0 Å². The van der Waals surface area contributed by atoms with Gasteiger partial charge in [0.1, 0.15) is 0 Å². The molecule has 0 unspecified atom stereocenters. The second kappa shape index (κ2) is 27.2. The highest BCUT2D eigenvalue weighted by atomic mass is 15.2. The third kappa shape index (κ3) is 15.6. The van der Waals surface area contributed by atoms with Crippen LogP contribution in [0.5, 0.6) is 0 Å². The summed E-state index contributed by atoms with van der Waals surface area (Å²) in [6.45, 7) is 29.8. The summed E-state index contributed by atoms with van der Waals surface area (Å²) in [5.41, 5.74) is 18.2. The first kappa shape index (κ1) is 52.3.